The SMILES string of the molecule is COc1cc(Nc2cnnc(Nc3cccc(Cl)c3)n2)c(OC)cc1Cl. The summed E-state index contributed by atoms with van der Waals surface area (Å²) < 4.78 is 10.6. The van der Waals surface area contributed by atoms with Crippen LogP contribution in [0.5, 0.6) is 11.5 Å². The minimum Gasteiger partial charge on any atom is -0.495 e. The summed E-state index contributed by atoms with van der Waals surface area (Å²) in [7, 11) is 3.09. The number of benzene rings is 2. The summed E-state index contributed by atoms with van der Waals surface area (Å²) in [5, 5.41) is 15.1. The molecule has 0 fully saturated rings. The molecule has 0 saturated carbocycles. The molecule has 2 N–H and O–H groups in total. The van der Waals surface area contributed by atoms with Crippen LogP contribution in [0.1, 0.15) is 0 Å². The molecule has 2 aromatic carbocycles. The van der Waals surface area contributed by atoms with Crippen LogP contribution in [0.2, 0.25) is 10.0 Å². The molecule has 0 bridgehead atoms. The van der Waals surface area contributed by atoms with Crippen LogP contribution in [0.15, 0.2) is 42.6 Å². The molecule has 26 heavy (non-hydrogen) atoms. The summed E-state index contributed by atoms with van der Waals surface area (Å²) in [4.78, 5) is 4.38. The van der Waals surface area contributed by atoms with Gasteiger partial charge in [-0.05, 0) is 18.2 Å². The number of aromatic nitrogens is 3. The van der Waals surface area contributed by atoms with E-state index < -0.39 is 0 Å². The molecule has 1 heterocycles. The van der Waals surface area contributed by atoms with E-state index in [0.717, 1.165) is 5.69 Å². The fraction of sp³-hybridized carbons (Fsp3) is 0.118. The van der Waals surface area contributed by atoms with Crippen LogP contribution in [0.4, 0.5) is 23.1 Å². The first-order valence-electron chi connectivity index (χ1n) is 7.50. The van der Waals surface area contributed by atoms with E-state index in [2.05, 4.69) is 25.8 Å². The first-order chi connectivity index (χ1) is 12.6. The van der Waals surface area contributed by atoms with Crippen LogP contribution < -0.4 is 20.1 Å². The van der Waals surface area contributed by atoms with E-state index >= 15 is 0 Å². The molecular formula is C17H15Cl2N5O2. The van der Waals surface area contributed by atoms with Crippen molar-refractivity contribution in [2.45, 2.75) is 0 Å². The van der Waals surface area contributed by atoms with Crippen molar-refractivity contribution in [3.63, 3.8) is 0 Å². The van der Waals surface area contributed by atoms with Crippen molar-refractivity contribution in [1.82, 2.24) is 15.2 Å². The fourth-order valence-electron chi connectivity index (χ4n) is 2.21. The number of methoxy groups -OCH3 is 2. The van der Waals surface area contributed by atoms with Gasteiger partial charge in [-0.15, -0.1) is 5.10 Å². The molecule has 9 heteroatoms. The molecule has 0 aliphatic rings. The second-order valence-electron chi connectivity index (χ2n) is 5.11. The highest BCUT2D eigenvalue weighted by Gasteiger charge is 2.11. The molecule has 3 rings (SSSR count). The van der Waals surface area contributed by atoms with E-state index in [4.69, 9.17) is 32.7 Å². The monoisotopic (exact) mass is 391 g/mol. The lowest BCUT2D eigenvalue weighted by Gasteiger charge is -2.13. The second kappa shape index (κ2) is 8.07. The lowest BCUT2D eigenvalue weighted by Crippen LogP contribution is -2.03. The van der Waals surface area contributed by atoms with Crippen LogP contribution >= 0.6 is 23.2 Å². The van der Waals surface area contributed by atoms with E-state index in [0.29, 0.717) is 39.0 Å². The van der Waals surface area contributed by atoms with Crippen LogP contribution in [-0.2, 0) is 0 Å². The first kappa shape index (κ1) is 18.0. The first-order valence-corrected chi connectivity index (χ1v) is 8.25. The van der Waals surface area contributed by atoms with Crippen LogP contribution in [0.3, 0.4) is 0 Å². The Morgan fingerprint density at radius 2 is 1.77 bits per heavy atom. The van der Waals surface area contributed by atoms with Gasteiger partial charge in [0.05, 0.1) is 31.1 Å². The smallest absolute Gasteiger partial charge is 0.249 e. The molecule has 0 saturated heterocycles. The fourth-order valence-corrected chi connectivity index (χ4v) is 2.63. The van der Waals surface area contributed by atoms with Gasteiger partial charge in [0.1, 0.15) is 11.5 Å². The Morgan fingerprint density at radius 1 is 0.962 bits per heavy atom. The van der Waals surface area contributed by atoms with Crippen molar-refractivity contribution in [1.29, 1.82) is 0 Å². The number of ether oxygens (including phenoxy) is 2. The molecule has 3 aromatic rings. The summed E-state index contributed by atoms with van der Waals surface area (Å²) in [5.41, 5.74) is 1.38. The molecule has 0 aliphatic carbocycles. The zero-order valence-electron chi connectivity index (χ0n) is 14.0. The highest BCUT2D eigenvalue weighted by molar-refractivity contribution is 6.32. The van der Waals surface area contributed by atoms with Gasteiger partial charge in [0, 0.05) is 22.8 Å². The lowest BCUT2D eigenvalue weighted by atomic mass is 10.2. The quantitative estimate of drug-likeness (QED) is 0.630. The third-order valence-electron chi connectivity index (χ3n) is 3.38. The Kier molecular flexibility index (Phi) is 5.60. The average molecular weight is 392 g/mol. The lowest BCUT2D eigenvalue weighted by molar-refractivity contribution is 0.405. The zero-order valence-corrected chi connectivity index (χ0v) is 15.5. The maximum absolute atomic E-state index is 6.12. The van der Waals surface area contributed by atoms with Gasteiger partial charge in [0.25, 0.3) is 0 Å². The standard InChI is InChI=1S/C17H15Cl2N5O2/c1-25-14-8-13(15(26-2)7-12(14)19)22-16-9-20-24-17(23-16)21-11-5-3-4-10(18)6-11/h3-9H,1-2H3,(H2,21,22,23,24). The van der Waals surface area contributed by atoms with Gasteiger partial charge in [0.2, 0.25) is 5.95 Å². The van der Waals surface area contributed by atoms with Crippen molar-refractivity contribution < 1.29 is 9.47 Å². The van der Waals surface area contributed by atoms with Gasteiger partial charge >= 0.3 is 0 Å². The molecular weight excluding hydrogens is 377 g/mol. The Labute approximate surface area is 160 Å². The van der Waals surface area contributed by atoms with E-state index in [1.807, 2.05) is 12.1 Å². The predicted octanol–water partition coefficient (Wildman–Crippen LogP) is 4.68. The summed E-state index contributed by atoms with van der Waals surface area (Å²) in [6, 6.07) is 10.6. The Bertz CT molecular complexity index is 923. The van der Waals surface area contributed by atoms with Crippen molar-refractivity contribution in [3.8, 4) is 11.5 Å². The van der Waals surface area contributed by atoms with Crippen molar-refractivity contribution >= 4 is 46.3 Å². The van der Waals surface area contributed by atoms with E-state index in [1.165, 1.54) is 13.3 Å². The molecule has 134 valence electrons. The van der Waals surface area contributed by atoms with E-state index in [-0.39, 0.29) is 0 Å². The number of nitrogens with one attached hydrogen (secondary N) is 2. The Hall–Kier alpha value is -2.77. The summed E-state index contributed by atoms with van der Waals surface area (Å²) in [6.07, 6.45) is 1.49. The minimum absolute atomic E-state index is 0.317. The zero-order chi connectivity index (χ0) is 18.5. The van der Waals surface area contributed by atoms with Crippen molar-refractivity contribution in [2.24, 2.45) is 0 Å². The number of halogens is 2. The van der Waals surface area contributed by atoms with Crippen molar-refractivity contribution in [2.75, 3.05) is 24.9 Å². The summed E-state index contributed by atoms with van der Waals surface area (Å²) >= 11 is 12.1. The number of hydrogen-bond acceptors (Lipinski definition) is 7. The van der Waals surface area contributed by atoms with Gasteiger partial charge in [0.15, 0.2) is 5.82 Å². The number of rotatable bonds is 6. The highest BCUT2D eigenvalue weighted by atomic mass is 35.5. The van der Waals surface area contributed by atoms with Gasteiger partial charge < -0.3 is 20.1 Å². The molecule has 0 atom stereocenters. The minimum atomic E-state index is 0.317. The number of hydrogen-bond donors (Lipinski definition) is 2. The maximum Gasteiger partial charge on any atom is 0.249 e. The van der Waals surface area contributed by atoms with Crippen LogP contribution in [-0.4, -0.2) is 29.4 Å². The number of nitrogens with zero attached hydrogens (tertiary/aromatic N) is 3. The van der Waals surface area contributed by atoms with Crippen molar-refractivity contribution in [3.05, 3.63) is 52.6 Å². The molecule has 1 aromatic heterocycles. The maximum atomic E-state index is 6.12. The van der Waals surface area contributed by atoms with Gasteiger partial charge in [-0.3, -0.25) is 0 Å². The largest absolute Gasteiger partial charge is 0.495 e. The summed E-state index contributed by atoms with van der Waals surface area (Å²) in [5.74, 6) is 1.83. The van der Waals surface area contributed by atoms with E-state index in [9.17, 15) is 0 Å². The van der Waals surface area contributed by atoms with Gasteiger partial charge in [-0.25, -0.2) is 0 Å². The van der Waals surface area contributed by atoms with Crippen LogP contribution in [0, 0.1) is 0 Å². The van der Waals surface area contributed by atoms with E-state index in [1.54, 1.807) is 31.4 Å². The molecule has 0 unspecified atom stereocenters. The Balaban J connectivity index is 1.85. The third-order valence-corrected chi connectivity index (χ3v) is 3.91. The topological polar surface area (TPSA) is 81.2 Å². The molecule has 0 radical (unpaired) electrons. The molecule has 0 spiro atoms. The molecule has 0 aliphatic heterocycles. The average Bonchev–Trinajstić information content (AvgIpc) is 2.63. The highest BCUT2D eigenvalue weighted by Crippen LogP contribution is 2.37. The molecule has 0 amide bonds. The van der Waals surface area contributed by atoms with Gasteiger partial charge in [-0.2, -0.15) is 10.1 Å². The normalized spacial score (nSPS) is 10.3. The second-order valence-corrected chi connectivity index (χ2v) is 5.96. The third kappa shape index (κ3) is 4.25. The number of anilines is 4. The van der Waals surface area contributed by atoms with Gasteiger partial charge in [-0.1, -0.05) is 29.3 Å². The summed E-state index contributed by atoms with van der Waals surface area (Å²) in [6.45, 7) is 0. The predicted molar refractivity (Wildman–Crippen MR) is 102 cm³/mol. The molecule has 7 nitrogen and oxygen atoms in total. The van der Waals surface area contributed by atoms with Crippen LogP contribution in [0.25, 0.3) is 0 Å². The Morgan fingerprint density at radius 3 is 2.50 bits per heavy atom.